The number of rotatable bonds is 8. The van der Waals surface area contributed by atoms with Crippen LogP contribution in [-0.4, -0.2) is 48.5 Å². The number of nitro benzene ring substituents is 1. The second kappa shape index (κ2) is 9.76. The third-order valence-corrected chi connectivity index (χ3v) is 5.55. The number of aryl methyl sites for hydroxylation is 1. The van der Waals surface area contributed by atoms with Crippen LogP contribution in [0, 0.1) is 17.0 Å². The highest BCUT2D eigenvalue weighted by molar-refractivity contribution is 6.09. The summed E-state index contributed by atoms with van der Waals surface area (Å²) in [6, 6.07) is 17.0. The zero-order valence-electron chi connectivity index (χ0n) is 17.8. The number of carbonyl (C=O) groups is 1. The molecule has 8 nitrogen and oxygen atoms in total. The molecule has 0 spiro atoms. The van der Waals surface area contributed by atoms with E-state index in [1.54, 1.807) is 36.4 Å². The van der Waals surface area contributed by atoms with Crippen molar-refractivity contribution < 1.29 is 18.9 Å². The molecule has 166 valence electrons. The lowest BCUT2D eigenvalue weighted by Crippen LogP contribution is -2.41. The Bertz CT molecular complexity index is 1090. The van der Waals surface area contributed by atoms with Crippen molar-refractivity contribution in [3.05, 3.63) is 93.4 Å². The number of ketones is 1. The van der Waals surface area contributed by atoms with Gasteiger partial charge in [-0.15, -0.1) is 0 Å². The molecule has 1 aliphatic rings. The smallest absolute Gasteiger partial charge is 0.293 e. The summed E-state index contributed by atoms with van der Waals surface area (Å²) in [4.78, 5) is 26.3. The minimum Gasteiger partial charge on any atom is -0.465 e. The molecular formula is C24H25N3O5. The fraction of sp³-hybridized carbons (Fsp3) is 0.292. The minimum atomic E-state index is -0.467. The molecule has 32 heavy (non-hydrogen) atoms. The number of anilines is 1. The maximum atomic E-state index is 12.7. The van der Waals surface area contributed by atoms with Gasteiger partial charge in [-0.3, -0.25) is 19.8 Å². The molecule has 1 aromatic heterocycles. The van der Waals surface area contributed by atoms with Crippen LogP contribution >= 0.6 is 0 Å². The van der Waals surface area contributed by atoms with Crippen LogP contribution in [0.3, 0.4) is 0 Å². The van der Waals surface area contributed by atoms with Crippen LogP contribution in [0.4, 0.5) is 11.4 Å². The molecule has 0 bridgehead atoms. The number of morpholine rings is 1. The van der Waals surface area contributed by atoms with E-state index in [0.29, 0.717) is 31.0 Å². The van der Waals surface area contributed by atoms with Crippen LogP contribution in [0.5, 0.6) is 0 Å². The highest BCUT2D eigenvalue weighted by atomic mass is 16.6. The Hall–Kier alpha value is -3.49. The predicted octanol–water partition coefficient (Wildman–Crippen LogP) is 4.21. The summed E-state index contributed by atoms with van der Waals surface area (Å²) in [5.41, 5.74) is 0.993. The maximum Gasteiger partial charge on any atom is 0.293 e. The van der Waals surface area contributed by atoms with Crippen molar-refractivity contribution in [2.24, 2.45) is 0 Å². The van der Waals surface area contributed by atoms with E-state index < -0.39 is 4.92 Å². The van der Waals surface area contributed by atoms with E-state index in [9.17, 15) is 14.9 Å². The van der Waals surface area contributed by atoms with Gasteiger partial charge in [0, 0.05) is 36.8 Å². The first-order chi connectivity index (χ1) is 15.5. The first-order valence-corrected chi connectivity index (χ1v) is 10.5. The van der Waals surface area contributed by atoms with Gasteiger partial charge in [0.05, 0.1) is 24.2 Å². The second-order valence-electron chi connectivity index (χ2n) is 7.68. The Labute approximate surface area is 185 Å². The number of carbonyl (C=O) groups excluding carboxylic acids is 1. The van der Waals surface area contributed by atoms with Gasteiger partial charge >= 0.3 is 0 Å². The fourth-order valence-electron chi connectivity index (χ4n) is 3.87. The third kappa shape index (κ3) is 4.87. The van der Waals surface area contributed by atoms with Crippen LogP contribution in [0.25, 0.3) is 0 Å². The molecule has 8 heteroatoms. The minimum absolute atomic E-state index is 0.0992. The monoisotopic (exact) mass is 435 g/mol. The largest absolute Gasteiger partial charge is 0.465 e. The lowest BCUT2D eigenvalue weighted by molar-refractivity contribution is -0.384. The molecule has 1 atom stereocenters. The molecular weight excluding hydrogens is 410 g/mol. The number of ether oxygens (including phenoxy) is 1. The maximum absolute atomic E-state index is 12.7. The first-order valence-electron chi connectivity index (χ1n) is 10.5. The number of nitrogens with one attached hydrogen (secondary N) is 1. The lowest BCUT2D eigenvalue weighted by atomic mass is 10.0. The molecule has 1 N–H and O–H groups in total. The van der Waals surface area contributed by atoms with Crippen molar-refractivity contribution in [2.75, 3.05) is 38.2 Å². The van der Waals surface area contributed by atoms with E-state index in [0.717, 1.165) is 24.6 Å². The Balaban J connectivity index is 1.56. The summed E-state index contributed by atoms with van der Waals surface area (Å²) in [6.07, 6.45) is 0. The van der Waals surface area contributed by atoms with Gasteiger partial charge in [0.2, 0.25) is 0 Å². The zero-order chi connectivity index (χ0) is 22.5. The molecule has 0 aliphatic carbocycles. The Morgan fingerprint density at radius 1 is 1.09 bits per heavy atom. The molecule has 0 unspecified atom stereocenters. The van der Waals surface area contributed by atoms with Gasteiger partial charge in [-0.25, -0.2) is 0 Å². The van der Waals surface area contributed by atoms with E-state index in [1.165, 1.54) is 6.07 Å². The molecule has 4 rings (SSSR count). The number of nitrogens with zero attached hydrogens (tertiary/aromatic N) is 2. The average Bonchev–Trinajstić information content (AvgIpc) is 3.26. The molecule has 0 radical (unpaired) electrons. The third-order valence-electron chi connectivity index (χ3n) is 5.55. The SMILES string of the molecule is Cc1ccc([C@H](CNc2ccc(C(=O)c3ccccc3)cc2[N+](=O)[O-])N2CCOCC2)o1. The topological polar surface area (TPSA) is 97.8 Å². The number of nitro groups is 1. The van der Waals surface area contributed by atoms with E-state index in [-0.39, 0.29) is 23.1 Å². The summed E-state index contributed by atoms with van der Waals surface area (Å²) >= 11 is 0. The van der Waals surface area contributed by atoms with Gasteiger partial charge in [-0.1, -0.05) is 30.3 Å². The molecule has 2 aromatic carbocycles. The van der Waals surface area contributed by atoms with Crippen LogP contribution in [-0.2, 0) is 4.74 Å². The van der Waals surface area contributed by atoms with Gasteiger partial charge in [-0.2, -0.15) is 0 Å². The van der Waals surface area contributed by atoms with Crippen molar-refractivity contribution in [3.8, 4) is 0 Å². The first kappa shape index (κ1) is 21.7. The van der Waals surface area contributed by atoms with Crippen molar-refractivity contribution in [2.45, 2.75) is 13.0 Å². The number of hydrogen-bond donors (Lipinski definition) is 1. The van der Waals surface area contributed by atoms with Crippen LogP contribution < -0.4 is 5.32 Å². The number of hydrogen-bond acceptors (Lipinski definition) is 7. The molecule has 1 saturated heterocycles. The van der Waals surface area contributed by atoms with Crippen LogP contribution in [0.15, 0.2) is 65.1 Å². The standard InChI is InChI=1S/C24H25N3O5/c1-17-7-10-23(32-17)22(26-11-13-31-14-12-26)16-25-20-9-8-19(15-21(20)27(29)30)24(28)18-5-3-2-4-6-18/h2-10,15,22,25H,11-14,16H2,1H3/t22-/m0/s1. The van der Waals surface area contributed by atoms with E-state index in [4.69, 9.17) is 9.15 Å². The molecule has 0 saturated carbocycles. The molecule has 3 aromatic rings. The second-order valence-corrected chi connectivity index (χ2v) is 7.68. The lowest BCUT2D eigenvalue weighted by Gasteiger charge is -2.33. The zero-order valence-corrected chi connectivity index (χ0v) is 17.8. The summed E-state index contributed by atoms with van der Waals surface area (Å²) in [7, 11) is 0. The number of benzene rings is 2. The van der Waals surface area contributed by atoms with Crippen LogP contribution in [0.2, 0.25) is 0 Å². The van der Waals surface area contributed by atoms with Crippen molar-refractivity contribution in [1.29, 1.82) is 0 Å². The van der Waals surface area contributed by atoms with E-state index in [2.05, 4.69) is 10.2 Å². The van der Waals surface area contributed by atoms with E-state index >= 15 is 0 Å². The van der Waals surface area contributed by atoms with Gasteiger partial charge in [-0.05, 0) is 31.2 Å². The Morgan fingerprint density at radius 2 is 1.84 bits per heavy atom. The summed E-state index contributed by atoms with van der Waals surface area (Å²) in [6.45, 7) is 5.07. The van der Waals surface area contributed by atoms with Gasteiger partial charge in [0.25, 0.3) is 5.69 Å². The molecule has 1 fully saturated rings. The van der Waals surface area contributed by atoms with Crippen LogP contribution in [0.1, 0.15) is 33.5 Å². The van der Waals surface area contributed by atoms with Gasteiger partial charge in [0.1, 0.15) is 17.2 Å². The summed E-state index contributed by atoms with van der Waals surface area (Å²) < 4.78 is 11.3. The van der Waals surface area contributed by atoms with Crippen molar-refractivity contribution in [3.63, 3.8) is 0 Å². The number of furan rings is 1. The quantitative estimate of drug-likeness (QED) is 0.321. The van der Waals surface area contributed by atoms with E-state index in [1.807, 2.05) is 25.1 Å². The molecule has 1 aliphatic heterocycles. The molecule has 0 amide bonds. The highest BCUT2D eigenvalue weighted by Gasteiger charge is 2.26. The van der Waals surface area contributed by atoms with Crippen molar-refractivity contribution >= 4 is 17.2 Å². The summed E-state index contributed by atoms with van der Waals surface area (Å²) in [5.74, 6) is 1.36. The Kier molecular flexibility index (Phi) is 6.63. The van der Waals surface area contributed by atoms with Gasteiger partial charge in [0.15, 0.2) is 5.78 Å². The Morgan fingerprint density at radius 3 is 2.50 bits per heavy atom. The van der Waals surface area contributed by atoms with Gasteiger partial charge < -0.3 is 14.5 Å². The summed E-state index contributed by atoms with van der Waals surface area (Å²) in [5, 5.41) is 15.0. The normalized spacial score (nSPS) is 15.3. The predicted molar refractivity (Wildman–Crippen MR) is 120 cm³/mol. The van der Waals surface area contributed by atoms with Crippen molar-refractivity contribution in [1.82, 2.24) is 4.90 Å². The highest BCUT2D eigenvalue weighted by Crippen LogP contribution is 2.29. The molecule has 2 heterocycles. The fourth-order valence-corrected chi connectivity index (χ4v) is 3.87. The average molecular weight is 435 g/mol.